The van der Waals surface area contributed by atoms with Gasteiger partial charge < -0.3 is 14.9 Å². The summed E-state index contributed by atoms with van der Waals surface area (Å²) in [4.78, 5) is 22.7. The molecule has 1 unspecified atom stereocenters. The molecule has 0 heterocycles. The van der Waals surface area contributed by atoms with Crippen LogP contribution in [0.1, 0.15) is 24.8 Å². The van der Waals surface area contributed by atoms with Crippen molar-refractivity contribution in [2.45, 2.75) is 25.9 Å². The van der Waals surface area contributed by atoms with Gasteiger partial charge in [0.2, 0.25) is 0 Å². The number of hydrogen-bond donors (Lipinski definition) is 2. The first-order valence-corrected chi connectivity index (χ1v) is 6.19. The maximum Gasteiger partial charge on any atom is 0.320 e. The van der Waals surface area contributed by atoms with Gasteiger partial charge in [0.1, 0.15) is 6.61 Å². The van der Waals surface area contributed by atoms with Crippen molar-refractivity contribution in [2.24, 2.45) is 5.92 Å². The van der Waals surface area contributed by atoms with Gasteiger partial charge in [-0.1, -0.05) is 30.3 Å². The van der Waals surface area contributed by atoms with E-state index in [9.17, 15) is 9.59 Å². The second-order valence-electron chi connectivity index (χ2n) is 4.20. The zero-order chi connectivity index (χ0) is 14.1. The number of hydrogen-bond acceptors (Lipinski definition) is 4. The molecular weight excluding hydrogens is 248 g/mol. The Morgan fingerprint density at radius 3 is 2.42 bits per heavy atom. The van der Waals surface area contributed by atoms with Crippen LogP contribution in [0.15, 0.2) is 30.3 Å². The molecule has 1 aromatic carbocycles. The minimum Gasteiger partial charge on any atom is -0.481 e. The summed E-state index contributed by atoms with van der Waals surface area (Å²) in [6.07, 6.45) is 1.15. The number of unbranched alkanes of at least 4 members (excludes halogenated alkanes) is 1. The molecule has 0 saturated heterocycles. The molecule has 104 valence electrons. The first-order valence-electron chi connectivity index (χ1n) is 6.19. The Balaban J connectivity index is 2.46. The van der Waals surface area contributed by atoms with Crippen molar-refractivity contribution in [2.75, 3.05) is 6.61 Å². The molecule has 1 aromatic rings. The molecule has 0 aliphatic carbocycles. The lowest BCUT2D eigenvalue weighted by Crippen LogP contribution is -2.25. The average molecular weight is 266 g/mol. The molecule has 19 heavy (non-hydrogen) atoms. The molecular formula is C14H18O5. The van der Waals surface area contributed by atoms with Crippen molar-refractivity contribution in [1.82, 2.24) is 0 Å². The van der Waals surface area contributed by atoms with Gasteiger partial charge in [-0.25, -0.2) is 0 Å². The third-order valence-corrected chi connectivity index (χ3v) is 2.71. The van der Waals surface area contributed by atoms with Gasteiger partial charge in [0.25, 0.3) is 0 Å². The van der Waals surface area contributed by atoms with Gasteiger partial charge in [-0.05, 0) is 24.8 Å². The number of carbonyl (C=O) groups is 2. The third kappa shape index (κ3) is 5.52. The molecule has 0 aromatic heterocycles. The lowest BCUT2D eigenvalue weighted by atomic mass is 10.0. The van der Waals surface area contributed by atoms with E-state index in [1.54, 1.807) is 12.1 Å². The van der Waals surface area contributed by atoms with E-state index in [1.807, 2.05) is 18.2 Å². The Hall–Kier alpha value is -1.88. The highest BCUT2D eigenvalue weighted by Crippen LogP contribution is 2.12. The number of benzene rings is 1. The number of rotatable bonds is 8. The highest BCUT2D eigenvalue weighted by atomic mass is 16.5. The van der Waals surface area contributed by atoms with Crippen LogP contribution in [-0.2, 0) is 20.9 Å². The summed E-state index contributed by atoms with van der Waals surface area (Å²) in [6.45, 7) is 0.0643. The third-order valence-electron chi connectivity index (χ3n) is 2.71. The predicted octanol–water partition coefficient (Wildman–Crippen LogP) is 1.59. The second-order valence-corrected chi connectivity index (χ2v) is 4.20. The molecule has 0 saturated carbocycles. The number of carboxylic acid groups (broad SMARTS) is 1. The SMILES string of the molecule is O=C(O)C(CCCCO)C(=O)OCc1ccccc1. The highest BCUT2D eigenvalue weighted by molar-refractivity contribution is 5.93. The van der Waals surface area contributed by atoms with Crippen molar-refractivity contribution in [3.63, 3.8) is 0 Å². The lowest BCUT2D eigenvalue weighted by Gasteiger charge is -2.11. The molecule has 0 aliphatic rings. The van der Waals surface area contributed by atoms with E-state index in [1.165, 1.54) is 0 Å². The van der Waals surface area contributed by atoms with E-state index < -0.39 is 17.9 Å². The van der Waals surface area contributed by atoms with Crippen LogP contribution in [-0.4, -0.2) is 28.8 Å². The molecule has 5 nitrogen and oxygen atoms in total. The van der Waals surface area contributed by atoms with Gasteiger partial charge in [-0.3, -0.25) is 9.59 Å². The van der Waals surface area contributed by atoms with Crippen molar-refractivity contribution in [3.05, 3.63) is 35.9 Å². The molecule has 5 heteroatoms. The standard InChI is InChI=1S/C14H18O5/c15-9-5-4-8-12(13(16)17)14(18)19-10-11-6-2-1-3-7-11/h1-3,6-7,12,15H,4-5,8-10H2,(H,16,17). The predicted molar refractivity (Wildman–Crippen MR) is 68.3 cm³/mol. The topological polar surface area (TPSA) is 83.8 Å². The Labute approximate surface area is 111 Å². The molecule has 0 spiro atoms. The van der Waals surface area contributed by atoms with E-state index in [4.69, 9.17) is 14.9 Å². The first-order chi connectivity index (χ1) is 9.15. The summed E-state index contributed by atoms with van der Waals surface area (Å²) in [6, 6.07) is 9.09. The average Bonchev–Trinajstić information content (AvgIpc) is 2.42. The zero-order valence-electron chi connectivity index (χ0n) is 10.6. The number of esters is 1. The Bertz CT molecular complexity index is 402. The van der Waals surface area contributed by atoms with E-state index in [2.05, 4.69) is 0 Å². The van der Waals surface area contributed by atoms with E-state index >= 15 is 0 Å². The van der Waals surface area contributed by atoms with Gasteiger partial charge in [0.15, 0.2) is 5.92 Å². The smallest absolute Gasteiger partial charge is 0.320 e. The van der Waals surface area contributed by atoms with Crippen LogP contribution in [0.4, 0.5) is 0 Å². The minimum absolute atomic E-state index is 0.00853. The number of aliphatic hydroxyl groups excluding tert-OH is 1. The van der Waals surface area contributed by atoms with Crippen molar-refractivity contribution < 1.29 is 24.5 Å². The van der Waals surface area contributed by atoms with Crippen LogP contribution >= 0.6 is 0 Å². The summed E-state index contributed by atoms with van der Waals surface area (Å²) < 4.78 is 5.00. The number of ether oxygens (including phenoxy) is 1. The maximum atomic E-state index is 11.7. The van der Waals surface area contributed by atoms with Crippen molar-refractivity contribution in [3.8, 4) is 0 Å². The Kier molecular flexibility index (Phi) is 6.60. The van der Waals surface area contributed by atoms with Gasteiger partial charge >= 0.3 is 11.9 Å². The van der Waals surface area contributed by atoms with E-state index in [-0.39, 0.29) is 19.6 Å². The van der Waals surface area contributed by atoms with Gasteiger partial charge in [0, 0.05) is 6.61 Å². The Morgan fingerprint density at radius 1 is 1.16 bits per heavy atom. The quantitative estimate of drug-likeness (QED) is 0.424. The van der Waals surface area contributed by atoms with Crippen LogP contribution in [0, 0.1) is 5.92 Å². The van der Waals surface area contributed by atoms with Crippen LogP contribution < -0.4 is 0 Å². The second kappa shape index (κ2) is 8.26. The van der Waals surface area contributed by atoms with Crippen molar-refractivity contribution >= 4 is 11.9 Å². The molecule has 1 atom stereocenters. The summed E-state index contributed by atoms with van der Waals surface area (Å²) in [5.41, 5.74) is 0.815. The molecule has 2 N–H and O–H groups in total. The van der Waals surface area contributed by atoms with E-state index in [0.717, 1.165) is 5.56 Å². The monoisotopic (exact) mass is 266 g/mol. The number of carbonyl (C=O) groups excluding carboxylic acids is 1. The fraction of sp³-hybridized carbons (Fsp3) is 0.429. The van der Waals surface area contributed by atoms with Crippen molar-refractivity contribution in [1.29, 1.82) is 0 Å². The summed E-state index contributed by atoms with van der Waals surface area (Å²) in [5, 5.41) is 17.6. The minimum atomic E-state index is -1.18. The lowest BCUT2D eigenvalue weighted by molar-refractivity contribution is -0.160. The first kappa shape index (κ1) is 15.2. The Morgan fingerprint density at radius 2 is 1.84 bits per heavy atom. The molecule has 0 bridgehead atoms. The molecule has 0 amide bonds. The van der Waals surface area contributed by atoms with Crippen LogP contribution in [0.25, 0.3) is 0 Å². The normalized spacial score (nSPS) is 11.8. The fourth-order valence-electron chi connectivity index (χ4n) is 1.63. The van der Waals surface area contributed by atoms with Gasteiger partial charge in [-0.15, -0.1) is 0 Å². The van der Waals surface area contributed by atoms with Crippen LogP contribution in [0.5, 0.6) is 0 Å². The van der Waals surface area contributed by atoms with E-state index in [0.29, 0.717) is 12.8 Å². The summed E-state index contributed by atoms with van der Waals surface area (Å²) in [5.74, 6) is -3.07. The van der Waals surface area contributed by atoms with Gasteiger partial charge in [0.05, 0.1) is 0 Å². The fourth-order valence-corrected chi connectivity index (χ4v) is 1.63. The summed E-state index contributed by atoms with van der Waals surface area (Å²) >= 11 is 0. The summed E-state index contributed by atoms with van der Waals surface area (Å²) in [7, 11) is 0. The van der Waals surface area contributed by atoms with Gasteiger partial charge in [-0.2, -0.15) is 0 Å². The highest BCUT2D eigenvalue weighted by Gasteiger charge is 2.27. The number of carboxylic acids is 1. The molecule has 0 aliphatic heterocycles. The van der Waals surface area contributed by atoms with Crippen LogP contribution in [0.2, 0.25) is 0 Å². The maximum absolute atomic E-state index is 11.7. The largest absolute Gasteiger partial charge is 0.481 e. The molecule has 0 fully saturated rings. The molecule has 1 rings (SSSR count). The number of aliphatic carboxylic acids is 1. The number of aliphatic hydroxyl groups is 1. The zero-order valence-corrected chi connectivity index (χ0v) is 10.6. The molecule has 0 radical (unpaired) electrons. The van der Waals surface area contributed by atoms with Crippen LogP contribution in [0.3, 0.4) is 0 Å².